The van der Waals surface area contributed by atoms with Gasteiger partial charge in [-0.15, -0.1) is 0 Å². The van der Waals surface area contributed by atoms with Gasteiger partial charge in [-0.1, -0.05) is 12.1 Å². The van der Waals surface area contributed by atoms with E-state index in [2.05, 4.69) is 27.0 Å². The molecule has 0 spiro atoms. The Kier molecular flexibility index (Phi) is 3.88. The summed E-state index contributed by atoms with van der Waals surface area (Å²) in [6.07, 6.45) is 5.82. The molecule has 3 aromatic rings. The van der Waals surface area contributed by atoms with Crippen molar-refractivity contribution in [3.05, 3.63) is 59.4 Å². The van der Waals surface area contributed by atoms with Crippen LogP contribution in [0.2, 0.25) is 0 Å². The number of piperidine rings is 1. The molecule has 1 fully saturated rings. The fraction of sp³-hybridized carbons (Fsp3) is 0.364. The van der Waals surface area contributed by atoms with Crippen molar-refractivity contribution in [2.45, 2.75) is 37.6 Å². The number of aryl methyl sites for hydroxylation is 1. The van der Waals surface area contributed by atoms with Crippen LogP contribution in [-0.2, 0) is 6.42 Å². The largest absolute Gasteiger partial charge is 0.496 e. The fourth-order valence-corrected chi connectivity index (χ4v) is 4.95. The Labute approximate surface area is 158 Å². The third-order valence-electron chi connectivity index (χ3n) is 6.16. The molecular weight excluding hydrogens is 338 g/mol. The van der Waals surface area contributed by atoms with Gasteiger partial charge in [0.2, 0.25) is 0 Å². The molecule has 5 heteroatoms. The quantitative estimate of drug-likeness (QED) is 0.753. The summed E-state index contributed by atoms with van der Waals surface area (Å²) < 4.78 is 5.67. The Morgan fingerprint density at radius 3 is 3.07 bits per heavy atom. The van der Waals surface area contributed by atoms with Crippen LogP contribution in [0.25, 0.3) is 11.0 Å². The first-order valence-electron chi connectivity index (χ1n) is 9.66. The van der Waals surface area contributed by atoms with Crippen molar-refractivity contribution in [1.29, 1.82) is 0 Å². The van der Waals surface area contributed by atoms with Crippen LogP contribution in [0.1, 0.15) is 46.7 Å². The normalized spacial score (nSPS) is 21.6. The average Bonchev–Trinajstić information content (AvgIpc) is 3.20. The van der Waals surface area contributed by atoms with Crippen LogP contribution >= 0.6 is 0 Å². The molecule has 0 saturated carbocycles. The minimum Gasteiger partial charge on any atom is -0.496 e. The summed E-state index contributed by atoms with van der Waals surface area (Å²) in [6.45, 7) is 0.825. The van der Waals surface area contributed by atoms with Crippen LogP contribution in [-0.4, -0.2) is 40.5 Å². The Balaban J connectivity index is 1.50. The number of benzene rings is 2. The second kappa shape index (κ2) is 6.41. The first-order chi connectivity index (χ1) is 13.3. The van der Waals surface area contributed by atoms with Crippen molar-refractivity contribution >= 4 is 16.9 Å². The third-order valence-corrected chi connectivity index (χ3v) is 6.16. The maximum atomic E-state index is 13.3. The molecule has 1 aliphatic heterocycles. The van der Waals surface area contributed by atoms with Gasteiger partial charge in [0.15, 0.2) is 0 Å². The molecule has 2 aromatic carbocycles. The molecule has 1 amide bonds. The highest BCUT2D eigenvalue weighted by Gasteiger charge is 2.40. The number of H-pyrrole nitrogens is 1. The smallest absolute Gasteiger partial charge is 0.254 e. The van der Waals surface area contributed by atoms with Crippen LogP contribution < -0.4 is 4.74 Å². The molecule has 0 unspecified atom stereocenters. The standard InChI is InChI=1S/C22H23N3O2/c1-27-20-6-2-4-14-8-10-19-16(21(14)20)5-3-11-25(19)22(26)15-7-9-17-18(12-15)24-13-23-17/h2,4,6-7,9,12-13,16,19H,3,5,8,10-11H2,1H3,(H,23,24)/t16-,19-/m1/s1. The summed E-state index contributed by atoms with van der Waals surface area (Å²) in [7, 11) is 1.74. The zero-order valence-electron chi connectivity index (χ0n) is 15.4. The summed E-state index contributed by atoms with van der Waals surface area (Å²) in [5, 5.41) is 0. The molecule has 0 bridgehead atoms. The Morgan fingerprint density at radius 1 is 1.26 bits per heavy atom. The lowest BCUT2D eigenvalue weighted by Crippen LogP contribution is -2.49. The van der Waals surface area contributed by atoms with E-state index < -0.39 is 0 Å². The molecule has 5 rings (SSSR count). The highest BCUT2D eigenvalue weighted by atomic mass is 16.5. The minimum absolute atomic E-state index is 0.125. The molecule has 27 heavy (non-hydrogen) atoms. The number of likely N-dealkylation sites (tertiary alicyclic amines) is 1. The topological polar surface area (TPSA) is 58.2 Å². The van der Waals surface area contributed by atoms with Gasteiger partial charge in [-0.05, 0) is 55.5 Å². The zero-order valence-corrected chi connectivity index (χ0v) is 15.4. The number of nitrogens with zero attached hydrogens (tertiary/aromatic N) is 2. The van der Waals surface area contributed by atoms with Crippen LogP contribution in [0.5, 0.6) is 5.75 Å². The molecule has 1 aromatic heterocycles. The van der Waals surface area contributed by atoms with Crippen LogP contribution in [0.15, 0.2) is 42.7 Å². The van der Waals surface area contributed by atoms with Crippen molar-refractivity contribution in [1.82, 2.24) is 14.9 Å². The summed E-state index contributed by atoms with van der Waals surface area (Å²) in [5.74, 6) is 1.45. The Morgan fingerprint density at radius 2 is 2.19 bits per heavy atom. The number of rotatable bonds is 2. The highest BCUT2D eigenvalue weighted by Crippen LogP contribution is 2.45. The lowest BCUT2D eigenvalue weighted by atomic mass is 9.73. The summed E-state index contributed by atoms with van der Waals surface area (Å²) in [6, 6.07) is 12.3. The van der Waals surface area contributed by atoms with Gasteiger partial charge in [-0.3, -0.25) is 4.79 Å². The summed E-state index contributed by atoms with van der Waals surface area (Å²) in [4.78, 5) is 22.8. The molecule has 1 saturated heterocycles. The lowest BCUT2D eigenvalue weighted by Gasteiger charge is -2.45. The van der Waals surface area contributed by atoms with Crippen molar-refractivity contribution in [3.8, 4) is 5.75 Å². The number of nitrogens with one attached hydrogen (secondary N) is 1. The average molecular weight is 361 g/mol. The van der Waals surface area contributed by atoms with Gasteiger partial charge in [0.05, 0.1) is 24.5 Å². The Bertz CT molecular complexity index is 995. The number of aromatic nitrogens is 2. The van der Waals surface area contributed by atoms with Crippen molar-refractivity contribution in [3.63, 3.8) is 0 Å². The second-order valence-corrected chi connectivity index (χ2v) is 7.52. The summed E-state index contributed by atoms with van der Waals surface area (Å²) >= 11 is 0. The summed E-state index contributed by atoms with van der Waals surface area (Å²) in [5.41, 5.74) is 5.23. The number of hydrogen-bond acceptors (Lipinski definition) is 3. The number of fused-ring (bicyclic) bond motifs is 4. The number of amides is 1. The molecule has 138 valence electrons. The lowest BCUT2D eigenvalue weighted by molar-refractivity contribution is 0.0544. The monoisotopic (exact) mass is 361 g/mol. The van der Waals surface area contributed by atoms with E-state index in [1.165, 1.54) is 11.1 Å². The van der Waals surface area contributed by atoms with E-state index in [-0.39, 0.29) is 11.9 Å². The third kappa shape index (κ3) is 2.60. The number of hydrogen-bond donors (Lipinski definition) is 1. The zero-order chi connectivity index (χ0) is 18.4. The predicted molar refractivity (Wildman–Crippen MR) is 104 cm³/mol. The molecule has 0 radical (unpaired) electrons. The first kappa shape index (κ1) is 16.4. The second-order valence-electron chi connectivity index (χ2n) is 7.52. The minimum atomic E-state index is 0.125. The molecule has 1 aliphatic carbocycles. The number of imidazole rings is 1. The van der Waals surface area contributed by atoms with E-state index >= 15 is 0 Å². The first-order valence-corrected chi connectivity index (χ1v) is 9.66. The van der Waals surface area contributed by atoms with Gasteiger partial charge in [-0.25, -0.2) is 4.98 Å². The number of aromatic amines is 1. The predicted octanol–water partition coefficient (Wildman–Crippen LogP) is 3.91. The SMILES string of the molecule is COc1cccc2c1[C@@H]1CCCN(C(=O)c3ccc4nc[nH]c4c3)[C@@H]1CC2. The van der Waals surface area contributed by atoms with E-state index in [4.69, 9.17) is 4.74 Å². The molecular formula is C22H23N3O2. The van der Waals surface area contributed by atoms with Gasteiger partial charge >= 0.3 is 0 Å². The molecule has 2 heterocycles. The number of carbonyl (C=O) groups is 1. The van der Waals surface area contributed by atoms with Crippen molar-refractivity contribution < 1.29 is 9.53 Å². The van der Waals surface area contributed by atoms with Crippen LogP contribution in [0.4, 0.5) is 0 Å². The van der Waals surface area contributed by atoms with Crippen molar-refractivity contribution in [2.75, 3.05) is 13.7 Å². The van der Waals surface area contributed by atoms with E-state index in [0.717, 1.165) is 54.6 Å². The van der Waals surface area contributed by atoms with E-state index in [0.29, 0.717) is 5.92 Å². The van der Waals surface area contributed by atoms with Gasteiger partial charge < -0.3 is 14.6 Å². The molecule has 2 atom stereocenters. The fourth-order valence-electron chi connectivity index (χ4n) is 4.95. The van der Waals surface area contributed by atoms with E-state index in [1.54, 1.807) is 13.4 Å². The van der Waals surface area contributed by atoms with Crippen molar-refractivity contribution in [2.24, 2.45) is 0 Å². The van der Waals surface area contributed by atoms with Crippen LogP contribution in [0, 0.1) is 0 Å². The maximum absolute atomic E-state index is 13.3. The van der Waals surface area contributed by atoms with Gasteiger partial charge in [0, 0.05) is 29.6 Å². The van der Waals surface area contributed by atoms with Gasteiger partial charge in [0.25, 0.3) is 5.91 Å². The molecule has 1 N–H and O–H groups in total. The van der Waals surface area contributed by atoms with E-state index in [1.807, 2.05) is 24.3 Å². The van der Waals surface area contributed by atoms with Gasteiger partial charge in [-0.2, -0.15) is 0 Å². The van der Waals surface area contributed by atoms with Gasteiger partial charge in [0.1, 0.15) is 5.75 Å². The highest BCUT2D eigenvalue weighted by molar-refractivity contribution is 5.97. The van der Waals surface area contributed by atoms with Crippen LogP contribution in [0.3, 0.4) is 0 Å². The number of ether oxygens (including phenoxy) is 1. The molecule has 2 aliphatic rings. The Hall–Kier alpha value is -2.82. The number of methoxy groups -OCH3 is 1. The van der Waals surface area contributed by atoms with E-state index in [9.17, 15) is 4.79 Å². The number of carbonyl (C=O) groups excluding carboxylic acids is 1. The maximum Gasteiger partial charge on any atom is 0.254 e. The molecule has 5 nitrogen and oxygen atoms in total.